The van der Waals surface area contributed by atoms with Gasteiger partial charge in [-0.25, -0.2) is 0 Å². The molecule has 4 nitrogen and oxygen atoms in total. The number of aliphatic hydroxyl groups excluding tert-OH is 1. The standard InChI is InChI=1S/C12H24N2O2.ClH/c1-3-9(2)11(15)8-14-12(16)10-6-4-5-7-13-10;/h9-11,13,15H,3-8H2,1-2H3,(H,14,16);1H. The Kier molecular flexibility index (Phi) is 8.56. The van der Waals surface area contributed by atoms with E-state index in [1.54, 1.807) is 0 Å². The van der Waals surface area contributed by atoms with Crippen molar-refractivity contribution in [2.45, 2.75) is 51.7 Å². The maximum absolute atomic E-state index is 11.7. The van der Waals surface area contributed by atoms with E-state index in [4.69, 9.17) is 0 Å². The Hall–Kier alpha value is -0.320. The van der Waals surface area contributed by atoms with Crippen LogP contribution in [0.4, 0.5) is 0 Å². The zero-order chi connectivity index (χ0) is 12.0. The molecule has 0 radical (unpaired) electrons. The van der Waals surface area contributed by atoms with E-state index in [-0.39, 0.29) is 30.3 Å². The quantitative estimate of drug-likeness (QED) is 0.696. The summed E-state index contributed by atoms with van der Waals surface area (Å²) >= 11 is 0. The van der Waals surface area contributed by atoms with Crippen LogP contribution in [0.2, 0.25) is 0 Å². The van der Waals surface area contributed by atoms with Gasteiger partial charge >= 0.3 is 0 Å². The maximum atomic E-state index is 11.7. The summed E-state index contributed by atoms with van der Waals surface area (Å²) in [5.74, 6) is 0.265. The Morgan fingerprint density at radius 1 is 1.53 bits per heavy atom. The number of piperidine rings is 1. The van der Waals surface area contributed by atoms with E-state index < -0.39 is 6.10 Å². The average Bonchev–Trinajstić information content (AvgIpc) is 2.35. The molecule has 3 N–H and O–H groups in total. The lowest BCUT2D eigenvalue weighted by atomic mass is 10.0. The van der Waals surface area contributed by atoms with Gasteiger partial charge in [-0.2, -0.15) is 0 Å². The zero-order valence-electron chi connectivity index (χ0n) is 10.7. The van der Waals surface area contributed by atoms with Crippen molar-refractivity contribution in [3.63, 3.8) is 0 Å². The van der Waals surface area contributed by atoms with Crippen LogP contribution in [0.5, 0.6) is 0 Å². The largest absolute Gasteiger partial charge is 0.391 e. The van der Waals surface area contributed by atoms with Crippen molar-refractivity contribution in [1.82, 2.24) is 10.6 Å². The van der Waals surface area contributed by atoms with Gasteiger partial charge < -0.3 is 15.7 Å². The Labute approximate surface area is 110 Å². The molecule has 102 valence electrons. The number of halogens is 1. The van der Waals surface area contributed by atoms with Gasteiger partial charge in [-0.1, -0.05) is 26.7 Å². The number of hydrogen-bond acceptors (Lipinski definition) is 3. The van der Waals surface area contributed by atoms with Crippen molar-refractivity contribution >= 4 is 18.3 Å². The molecule has 1 aliphatic rings. The molecular formula is C12H25ClN2O2. The van der Waals surface area contributed by atoms with Crippen molar-refractivity contribution in [1.29, 1.82) is 0 Å². The maximum Gasteiger partial charge on any atom is 0.237 e. The average molecular weight is 265 g/mol. The van der Waals surface area contributed by atoms with Crippen molar-refractivity contribution < 1.29 is 9.90 Å². The Bertz CT molecular complexity index is 221. The summed E-state index contributed by atoms with van der Waals surface area (Å²) in [4.78, 5) is 11.7. The third kappa shape index (κ3) is 5.70. The van der Waals surface area contributed by atoms with Gasteiger partial charge in [-0.15, -0.1) is 12.4 Å². The van der Waals surface area contributed by atoms with E-state index >= 15 is 0 Å². The molecule has 3 unspecified atom stereocenters. The van der Waals surface area contributed by atoms with E-state index in [0.717, 1.165) is 32.2 Å². The van der Waals surface area contributed by atoms with Gasteiger partial charge in [-0.05, 0) is 25.3 Å². The lowest BCUT2D eigenvalue weighted by Gasteiger charge is -2.24. The van der Waals surface area contributed by atoms with Gasteiger partial charge in [0.05, 0.1) is 12.1 Å². The van der Waals surface area contributed by atoms with Crippen LogP contribution in [0.25, 0.3) is 0 Å². The summed E-state index contributed by atoms with van der Waals surface area (Å²) in [5.41, 5.74) is 0. The van der Waals surface area contributed by atoms with E-state index in [2.05, 4.69) is 10.6 Å². The lowest BCUT2D eigenvalue weighted by molar-refractivity contribution is -0.124. The van der Waals surface area contributed by atoms with Gasteiger partial charge in [0, 0.05) is 6.54 Å². The summed E-state index contributed by atoms with van der Waals surface area (Å²) in [7, 11) is 0. The lowest BCUT2D eigenvalue weighted by Crippen LogP contribution is -2.48. The van der Waals surface area contributed by atoms with Crippen LogP contribution in [0.3, 0.4) is 0 Å². The fraction of sp³-hybridized carbons (Fsp3) is 0.917. The zero-order valence-corrected chi connectivity index (χ0v) is 11.6. The SMILES string of the molecule is CCC(C)C(O)CNC(=O)C1CCCCN1.Cl. The van der Waals surface area contributed by atoms with E-state index in [1.165, 1.54) is 0 Å². The summed E-state index contributed by atoms with van der Waals surface area (Å²) in [6.45, 7) is 5.33. The second kappa shape index (κ2) is 8.72. The van der Waals surface area contributed by atoms with Crippen LogP contribution in [0.15, 0.2) is 0 Å². The highest BCUT2D eigenvalue weighted by molar-refractivity contribution is 5.85. The second-order valence-electron chi connectivity index (χ2n) is 4.70. The molecule has 1 amide bonds. The predicted molar refractivity (Wildman–Crippen MR) is 71.4 cm³/mol. The number of nitrogens with one attached hydrogen (secondary N) is 2. The van der Waals surface area contributed by atoms with Crippen molar-refractivity contribution in [2.24, 2.45) is 5.92 Å². The number of hydrogen-bond donors (Lipinski definition) is 3. The molecule has 1 heterocycles. The third-order valence-electron chi connectivity index (χ3n) is 3.41. The van der Waals surface area contributed by atoms with E-state index in [0.29, 0.717) is 6.54 Å². The normalized spacial score (nSPS) is 23.4. The Balaban J connectivity index is 0.00000256. The molecule has 0 spiro atoms. The minimum atomic E-state index is -0.433. The highest BCUT2D eigenvalue weighted by Gasteiger charge is 2.21. The number of rotatable bonds is 5. The topological polar surface area (TPSA) is 61.4 Å². The van der Waals surface area contributed by atoms with E-state index in [9.17, 15) is 9.90 Å². The molecule has 1 saturated heterocycles. The van der Waals surface area contributed by atoms with Gasteiger partial charge in [0.1, 0.15) is 0 Å². The summed E-state index contributed by atoms with van der Waals surface area (Å²) in [5, 5.41) is 15.7. The number of aliphatic hydroxyl groups is 1. The second-order valence-corrected chi connectivity index (χ2v) is 4.70. The monoisotopic (exact) mass is 264 g/mol. The van der Waals surface area contributed by atoms with Gasteiger partial charge in [-0.3, -0.25) is 4.79 Å². The van der Waals surface area contributed by atoms with Crippen LogP contribution in [0, 0.1) is 5.92 Å². The van der Waals surface area contributed by atoms with Crippen LogP contribution in [-0.2, 0) is 4.79 Å². The minimum Gasteiger partial charge on any atom is -0.391 e. The third-order valence-corrected chi connectivity index (χ3v) is 3.41. The molecule has 0 aliphatic carbocycles. The first-order valence-corrected chi connectivity index (χ1v) is 6.34. The molecule has 17 heavy (non-hydrogen) atoms. The highest BCUT2D eigenvalue weighted by Crippen LogP contribution is 2.08. The molecule has 1 fully saturated rings. The molecule has 5 heteroatoms. The smallest absolute Gasteiger partial charge is 0.237 e. The van der Waals surface area contributed by atoms with Crippen LogP contribution in [-0.4, -0.2) is 36.2 Å². The molecule has 0 aromatic heterocycles. The predicted octanol–water partition coefficient (Wildman–Crippen LogP) is 1.07. The van der Waals surface area contributed by atoms with Gasteiger partial charge in [0.25, 0.3) is 0 Å². The first-order chi connectivity index (χ1) is 7.65. The van der Waals surface area contributed by atoms with Crippen LogP contribution >= 0.6 is 12.4 Å². The van der Waals surface area contributed by atoms with Gasteiger partial charge in [0.15, 0.2) is 0 Å². The molecule has 1 rings (SSSR count). The fourth-order valence-electron chi connectivity index (χ4n) is 1.88. The molecule has 1 aliphatic heterocycles. The van der Waals surface area contributed by atoms with Crippen molar-refractivity contribution in [3.8, 4) is 0 Å². The first kappa shape index (κ1) is 16.7. The summed E-state index contributed by atoms with van der Waals surface area (Å²) in [6.07, 6.45) is 3.67. The molecule has 0 saturated carbocycles. The molecule has 0 aromatic rings. The van der Waals surface area contributed by atoms with E-state index in [1.807, 2.05) is 13.8 Å². The molecular weight excluding hydrogens is 240 g/mol. The number of carbonyl (C=O) groups excluding carboxylic acids is 1. The first-order valence-electron chi connectivity index (χ1n) is 6.34. The fourth-order valence-corrected chi connectivity index (χ4v) is 1.88. The number of amides is 1. The number of carbonyl (C=O) groups is 1. The van der Waals surface area contributed by atoms with Crippen molar-refractivity contribution in [3.05, 3.63) is 0 Å². The van der Waals surface area contributed by atoms with Crippen molar-refractivity contribution in [2.75, 3.05) is 13.1 Å². The minimum absolute atomic E-state index is 0. The van der Waals surface area contributed by atoms with Crippen LogP contribution < -0.4 is 10.6 Å². The summed E-state index contributed by atoms with van der Waals surface area (Å²) < 4.78 is 0. The van der Waals surface area contributed by atoms with Gasteiger partial charge in [0.2, 0.25) is 5.91 Å². The Morgan fingerprint density at radius 3 is 2.76 bits per heavy atom. The summed E-state index contributed by atoms with van der Waals surface area (Å²) in [6, 6.07) is -0.0575. The molecule has 3 atom stereocenters. The van der Waals surface area contributed by atoms with Crippen LogP contribution in [0.1, 0.15) is 39.5 Å². The molecule has 0 aromatic carbocycles. The highest BCUT2D eigenvalue weighted by atomic mass is 35.5. The Morgan fingerprint density at radius 2 is 2.24 bits per heavy atom. The molecule has 0 bridgehead atoms.